The van der Waals surface area contributed by atoms with Gasteiger partial charge >= 0.3 is 0 Å². The van der Waals surface area contributed by atoms with Crippen molar-refractivity contribution in [1.29, 1.82) is 0 Å². The predicted octanol–water partition coefficient (Wildman–Crippen LogP) is 4.27. The van der Waals surface area contributed by atoms with Crippen LogP contribution in [0.1, 0.15) is 5.56 Å². The summed E-state index contributed by atoms with van der Waals surface area (Å²) in [7, 11) is 0. The summed E-state index contributed by atoms with van der Waals surface area (Å²) in [6.07, 6.45) is 1.54. The molecular weight excluding hydrogens is 448 g/mol. The minimum atomic E-state index is -0.327. The van der Waals surface area contributed by atoms with Crippen LogP contribution in [-0.2, 0) is 11.3 Å². The lowest BCUT2D eigenvalue weighted by Crippen LogP contribution is -2.26. The summed E-state index contributed by atoms with van der Waals surface area (Å²) in [5, 5.41) is 6.79. The van der Waals surface area contributed by atoms with E-state index >= 15 is 0 Å². The molecule has 0 unspecified atom stereocenters. The van der Waals surface area contributed by atoms with Crippen LogP contribution in [0.4, 0.5) is 5.69 Å². The molecule has 0 aliphatic heterocycles. The lowest BCUT2D eigenvalue weighted by atomic mass is 10.1. The number of aryl methyl sites for hydroxylation is 1. The van der Waals surface area contributed by atoms with Crippen molar-refractivity contribution in [3.05, 3.63) is 87.3 Å². The van der Waals surface area contributed by atoms with E-state index < -0.39 is 0 Å². The monoisotopic (exact) mass is 464 g/mol. The number of para-hydroxylation sites is 1. The molecule has 7 nitrogen and oxygen atoms in total. The van der Waals surface area contributed by atoms with Gasteiger partial charge in [0.2, 0.25) is 11.7 Å². The Kier molecular flexibility index (Phi) is 5.58. The summed E-state index contributed by atoms with van der Waals surface area (Å²) < 4.78 is 7.42. The molecule has 0 saturated carbocycles. The minimum Gasteiger partial charge on any atom is -0.334 e. The molecule has 30 heavy (non-hydrogen) atoms. The maximum absolute atomic E-state index is 12.4. The third-order valence-corrected chi connectivity index (χ3v) is 5.12. The Morgan fingerprint density at radius 1 is 1.07 bits per heavy atom. The summed E-state index contributed by atoms with van der Waals surface area (Å²) in [5.41, 5.74) is 2.84. The highest BCUT2D eigenvalue weighted by molar-refractivity contribution is 9.10. The number of hydrogen-bond donors (Lipinski definition) is 1. The molecule has 0 radical (unpaired) electrons. The molecule has 0 atom stereocenters. The lowest BCUT2D eigenvalue weighted by molar-refractivity contribution is -0.116. The Hall–Kier alpha value is -3.52. The van der Waals surface area contributed by atoms with Crippen LogP contribution in [0.25, 0.3) is 22.8 Å². The van der Waals surface area contributed by atoms with Crippen molar-refractivity contribution in [3.8, 4) is 22.8 Å². The molecule has 2 aromatic heterocycles. The molecule has 0 bridgehead atoms. The van der Waals surface area contributed by atoms with Gasteiger partial charge in [0, 0.05) is 22.3 Å². The SMILES string of the molecule is Cc1ccc(-c2noc(-c3ccc(=O)n(CC(=O)Nc4ccccc4Br)c3)n2)cc1. The van der Waals surface area contributed by atoms with Crippen LogP contribution >= 0.6 is 15.9 Å². The third-order valence-electron chi connectivity index (χ3n) is 4.43. The van der Waals surface area contributed by atoms with E-state index in [1.807, 2.05) is 49.4 Å². The molecule has 1 N–H and O–H groups in total. The number of nitrogens with one attached hydrogen (secondary N) is 1. The number of aromatic nitrogens is 3. The minimum absolute atomic E-state index is 0.146. The standard InChI is InChI=1S/C22H17BrN4O3/c1-14-6-8-15(9-7-14)21-25-22(30-26-21)16-10-11-20(29)27(12-16)13-19(28)24-18-5-3-2-4-17(18)23/h2-12H,13H2,1H3,(H,24,28). The number of carbonyl (C=O) groups is 1. The second-order valence-electron chi connectivity index (χ2n) is 6.70. The summed E-state index contributed by atoms with van der Waals surface area (Å²) in [6, 6.07) is 18.0. The molecule has 0 aliphatic rings. The van der Waals surface area contributed by atoms with Crippen molar-refractivity contribution >= 4 is 27.5 Å². The number of anilines is 1. The fourth-order valence-corrected chi connectivity index (χ4v) is 3.23. The van der Waals surface area contributed by atoms with Crippen LogP contribution < -0.4 is 10.9 Å². The van der Waals surface area contributed by atoms with E-state index in [1.165, 1.54) is 16.8 Å². The number of benzene rings is 2. The number of nitrogens with zero attached hydrogens (tertiary/aromatic N) is 3. The highest BCUT2D eigenvalue weighted by Gasteiger charge is 2.13. The van der Waals surface area contributed by atoms with E-state index in [0.29, 0.717) is 17.1 Å². The smallest absolute Gasteiger partial charge is 0.259 e. The van der Waals surface area contributed by atoms with Gasteiger partial charge in [-0.25, -0.2) is 0 Å². The molecule has 4 aromatic rings. The molecule has 4 rings (SSSR count). The molecule has 0 spiro atoms. The number of halogens is 1. The molecule has 150 valence electrons. The Labute approximate surface area is 180 Å². The van der Waals surface area contributed by atoms with Crippen LogP contribution in [0.15, 0.2) is 80.7 Å². The molecule has 0 saturated heterocycles. The third kappa shape index (κ3) is 4.38. The van der Waals surface area contributed by atoms with Gasteiger partial charge in [-0.1, -0.05) is 47.1 Å². The largest absolute Gasteiger partial charge is 0.334 e. The van der Waals surface area contributed by atoms with E-state index in [9.17, 15) is 9.59 Å². The van der Waals surface area contributed by atoms with Gasteiger partial charge in [0.05, 0.1) is 11.3 Å². The van der Waals surface area contributed by atoms with Gasteiger partial charge in [-0.15, -0.1) is 0 Å². The second-order valence-corrected chi connectivity index (χ2v) is 7.56. The summed E-state index contributed by atoms with van der Waals surface area (Å²) in [6.45, 7) is 1.86. The molecule has 0 aliphatic carbocycles. The average Bonchev–Trinajstić information content (AvgIpc) is 3.22. The Balaban J connectivity index is 1.55. The topological polar surface area (TPSA) is 90.0 Å². The van der Waals surface area contributed by atoms with Crippen molar-refractivity contribution in [1.82, 2.24) is 14.7 Å². The molecule has 2 heterocycles. The first kappa shape index (κ1) is 19.8. The quantitative estimate of drug-likeness (QED) is 0.476. The Bertz CT molecular complexity index is 1260. The fraction of sp³-hybridized carbons (Fsp3) is 0.0909. The molecule has 2 aromatic carbocycles. The summed E-state index contributed by atoms with van der Waals surface area (Å²) in [5.74, 6) is 0.395. The first-order valence-corrected chi connectivity index (χ1v) is 9.95. The maximum atomic E-state index is 12.4. The van der Waals surface area contributed by atoms with E-state index in [4.69, 9.17) is 4.52 Å². The first-order valence-electron chi connectivity index (χ1n) is 9.15. The predicted molar refractivity (Wildman–Crippen MR) is 117 cm³/mol. The lowest BCUT2D eigenvalue weighted by Gasteiger charge is -2.09. The molecular formula is C22H17BrN4O3. The van der Waals surface area contributed by atoms with Gasteiger partial charge < -0.3 is 14.4 Å². The van der Waals surface area contributed by atoms with E-state index in [1.54, 1.807) is 12.1 Å². The zero-order chi connectivity index (χ0) is 21.1. The van der Waals surface area contributed by atoms with Crippen LogP contribution in [0.5, 0.6) is 0 Å². The van der Waals surface area contributed by atoms with Gasteiger partial charge in [-0.2, -0.15) is 4.98 Å². The van der Waals surface area contributed by atoms with E-state index in [0.717, 1.165) is 15.6 Å². The van der Waals surface area contributed by atoms with Gasteiger partial charge in [-0.3, -0.25) is 9.59 Å². The Morgan fingerprint density at radius 3 is 2.57 bits per heavy atom. The van der Waals surface area contributed by atoms with Gasteiger partial charge in [0.25, 0.3) is 11.4 Å². The van der Waals surface area contributed by atoms with Crippen molar-refractivity contribution in [3.63, 3.8) is 0 Å². The van der Waals surface area contributed by atoms with Crippen molar-refractivity contribution in [2.24, 2.45) is 0 Å². The maximum Gasteiger partial charge on any atom is 0.259 e. The molecule has 0 fully saturated rings. The highest BCUT2D eigenvalue weighted by Crippen LogP contribution is 2.23. The Morgan fingerprint density at radius 2 is 1.80 bits per heavy atom. The van der Waals surface area contributed by atoms with Crippen LogP contribution in [0.2, 0.25) is 0 Å². The summed E-state index contributed by atoms with van der Waals surface area (Å²) >= 11 is 3.38. The molecule has 1 amide bonds. The van der Waals surface area contributed by atoms with Gasteiger partial charge in [0.1, 0.15) is 6.54 Å². The zero-order valence-electron chi connectivity index (χ0n) is 16.0. The number of pyridine rings is 1. The fourth-order valence-electron chi connectivity index (χ4n) is 2.85. The number of hydrogen-bond acceptors (Lipinski definition) is 5. The van der Waals surface area contributed by atoms with Gasteiger partial charge in [0.15, 0.2) is 0 Å². The number of carbonyl (C=O) groups excluding carboxylic acids is 1. The van der Waals surface area contributed by atoms with Crippen LogP contribution in [0.3, 0.4) is 0 Å². The first-order chi connectivity index (χ1) is 14.5. The zero-order valence-corrected chi connectivity index (χ0v) is 17.6. The van der Waals surface area contributed by atoms with Crippen molar-refractivity contribution in [2.75, 3.05) is 5.32 Å². The number of amides is 1. The van der Waals surface area contributed by atoms with E-state index in [2.05, 4.69) is 31.4 Å². The van der Waals surface area contributed by atoms with E-state index in [-0.39, 0.29) is 23.9 Å². The second kappa shape index (κ2) is 8.46. The normalized spacial score (nSPS) is 10.7. The number of rotatable bonds is 5. The van der Waals surface area contributed by atoms with Crippen molar-refractivity contribution in [2.45, 2.75) is 13.5 Å². The van der Waals surface area contributed by atoms with Crippen LogP contribution in [0, 0.1) is 6.92 Å². The van der Waals surface area contributed by atoms with Crippen LogP contribution in [-0.4, -0.2) is 20.6 Å². The summed E-state index contributed by atoms with van der Waals surface area (Å²) in [4.78, 5) is 29.0. The highest BCUT2D eigenvalue weighted by atomic mass is 79.9. The molecule has 8 heteroatoms. The van der Waals surface area contributed by atoms with Crippen molar-refractivity contribution < 1.29 is 9.32 Å². The average molecular weight is 465 g/mol. The van der Waals surface area contributed by atoms with Gasteiger partial charge in [-0.05, 0) is 41.1 Å².